The van der Waals surface area contributed by atoms with Gasteiger partial charge in [0.2, 0.25) is 24.0 Å². The first-order chi connectivity index (χ1) is 11.1. The second-order valence-corrected chi connectivity index (χ2v) is 4.50. The van der Waals surface area contributed by atoms with E-state index >= 15 is 0 Å². The van der Waals surface area contributed by atoms with Crippen LogP contribution in [0.15, 0.2) is 36.4 Å². The normalized spacial score (nSPS) is 11.9. The van der Waals surface area contributed by atoms with Gasteiger partial charge in [-0.25, -0.2) is 4.79 Å². The Morgan fingerprint density at radius 2 is 1.91 bits per heavy atom. The molecule has 0 saturated carbocycles. The molecule has 0 atom stereocenters. The van der Waals surface area contributed by atoms with Crippen LogP contribution < -0.4 is 18.9 Å². The summed E-state index contributed by atoms with van der Waals surface area (Å²) in [5.74, 6) is -0.813. The summed E-state index contributed by atoms with van der Waals surface area (Å²) in [6, 6.07) is 9.43. The lowest BCUT2D eigenvalue weighted by molar-refractivity contribution is -0.385. The van der Waals surface area contributed by atoms with Gasteiger partial charge in [-0.1, -0.05) is 18.2 Å². The maximum atomic E-state index is 12.2. The molecule has 0 N–H and O–H groups in total. The second kappa shape index (κ2) is 5.84. The smallest absolute Gasteiger partial charge is 0.343 e. The van der Waals surface area contributed by atoms with Gasteiger partial charge in [0.25, 0.3) is 0 Å². The number of carbonyl (C=O) groups is 1. The summed E-state index contributed by atoms with van der Waals surface area (Å²) in [5.41, 5.74) is -0.00516. The second-order valence-electron chi connectivity index (χ2n) is 4.50. The fourth-order valence-corrected chi connectivity index (χ4v) is 2.11. The first-order valence-electron chi connectivity index (χ1n) is 6.54. The highest BCUT2D eigenvalue weighted by atomic mass is 16.7. The van der Waals surface area contributed by atoms with Crippen molar-refractivity contribution in [1.82, 2.24) is 0 Å². The molecule has 2 aromatic rings. The monoisotopic (exact) mass is 317 g/mol. The molecule has 0 aliphatic carbocycles. The highest BCUT2D eigenvalue weighted by Crippen LogP contribution is 2.52. The SMILES string of the molecule is COc1cc([N+](=O)[O-])c2c(c1OC(=O)c1ccccc1)OCO2. The molecular formula is C15H11NO7. The van der Waals surface area contributed by atoms with Gasteiger partial charge in [0.15, 0.2) is 5.75 Å². The van der Waals surface area contributed by atoms with Crippen molar-refractivity contribution >= 4 is 11.7 Å². The van der Waals surface area contributed by atoms with Crippen LogP contribution in [-0.4, -0.2) is 24.8 Å². The minimum atomic E-state index is -0.643. The number of nitrogens with zero attached hydrogens (tertiary/aromatic N) is 1. The number of methoxy groups -OCH3 is 1. The molecule has 0 fully saturated rings. The van der Waals surface area contributed by atoms with E-state index < -0.39 is 10.9 Å². The molecule has 3 rings (SSSR count). The summed E-state index contributed by atoms with van der Waals surface area (Å²) in [5, 5.41) is 11.1. The van der Waals surface area contributed by atoms with Crippen LogP contribution in [0.25, 0.3) is 0 Å². The van der Waals surface area contributed by atoms with Gasteiger partial charge >= 0.3 is 11.7 Å². The van der Waals surface area contributed by atoms with E-state index in [-0.39, 0.29) is 35.5 Å². The van der Waals surface area contributed by atoms with Gasteiger partial charge in [0, 0.05) is 0 Å². The molecule has 0 saturated heterocycles. The van der Waals surface area contributed by atoms with Crippen molar-refractivity contribution in [3.05, 3.63) is 52.1 Å². The number of hydrogen-bond acceptors (Lipinski definition) is 7. The standard InChI is InChI=1S/C15H11NO7/c1-20-11-7-10(16(18)19)12-14(22-8-21-12)13(11)23-15(17)9-5-3-2-4-6-9/h2-7H,8H2,1H3. The van der Waals surface area contributed by atoms with Gasteiger partial charge in [-0.15, -0.1) is 0 Å². The molecule has 2 aromatic carbocycles. The topological polar surface area (TPSA) is 97.1 Å². The number of esters is 1. The van der Waals surface area contributed by atoms with E-state index in [4.69, 9.17) is 18.9 Å². The zero-order valence-corrected chi connectivity index (χ0v) is 12.0. The van der Waals surface area contributed by atoms with Gasteiger partial charge in [0.1, 0.15) is 0 Å². The zero-order valence-electron chi connectivity index (χ0n) is 12.0. The summed E-state index contributed by atoms with van der Waals surface area (Å²) >= 11 is 0. The van der Waals surface area contributed by atoms with E-state index in [0.29, 0.717) is 5.56 Å². The number of ether oxygens (including phenoxy) is 4. The van der Waals surface area contributed by atoms with Gasteiger partial charge in [0.05, 0.1) is 23.7 Å². The van der Waals surface area contributed by atoms with Crippen LogP contribution >= 0.6 is 0 Å². The van der Waals surface area contributed by atoms with E-state index in [1.165, 1.54) is 7.11 Å². The van der Waals surface area contributed by atoms with Crippen LogP contribution in [0.1, 0.15) is 10.4 Å². The third kappa shape index (κ3) is 2.61. The number of nitro benzene ring substituents is 1. The number of carbonyl (C=O) groups excluding carboxylic acids is 1. The third-order valence-corrected chi connectivity index (χ3v) is 3.16. The van der Waals surface area contributed by atoms with E-state index in [0.717, 1.165) is 6.07 Å². The van der Waals surface area contributed by atoms with Crippen LogP contribution in [0.3, 0.4) is 0 Å². The molecule has 0 amide bonds. The van der Waals surface area contributed by atoms with Crippen LogP contribution in [0.2, 0.25) is 0 Å². The maximum absolute atomic E-state index is 12.2. The number of benzene rings is 2. The Hall–Kier alpha value is -3.29. The van der Waals surface area contributed by atoms with E-state index in [1.807, 2.05) is 0 Å². The first kappa shape index (κ1) is 14.6. The Morgan fingerprint density at radius 3 is 2.57 bits per heavy atom. The van der Waals surface area contributed by atoms with Crippen molar-refractivity contribution in [1.29, 1.82) is 0 Å². The fraction of sp³-hybridized carbons (Fsp3) is 0.133. The molecule has 0 spiro atoms. The molecule has 0 unspecified atom stereocenters. The summed E-state index contributed by atoms with van der Waals surface area (Å²) < 4.78 is 20.7. The summed E-state index contributed by atoms with van der Waals surface area (Å²) in [6.07, 6.45) is 0. The average molecular weight is 317 g/mol. The fourth-order valence-electron chi connectivity index (χ4n) is 2.11. The highest BCUT2D eigenvalue weighted by molar-refractivity contribution is 5.92. The van der Waals surface area contributed by atoms with Crippen LogP contribution in [-0.2, 0) is 0 Å². The summed E-state index contributed by atoms with van der Waals surface area (Å²) in [4.78, 5) is 22.7. The van der Waals surface area contributed by atoms with E-state index in [9.17, 15) is 14.9 Å². The number of nitro groups is 1. The van der Waals surface area contributed by atoms with E-state index in [1.54, 1.807) is 30.3 Å². The predicted molar refractivity (Wildman–Crippen MR) is 77.2 cm³/mol. The molecule has 8 nitrogen and oxygen atoms in total. The minimum absolute atomic E-state index is 0.00484. The summed E-state index contributed by atoms with van der Waals surface area (Å²) in [7, 11) is 1.31. The molecule has 1 heterocycles. The quantitative estimate of drug-likeness (QED) is 0.370. The molecular weight excluding hydrogens is 306 g/mol. The Labute approximate surface area is 130 Å². The zero-order chi connectivity index (χ0) is 16.4. The van der Waals surface area contributed by atoms with Crippen molar-refractivity contribution in [3.63, 3.8) is 0 Å². The Kier molecular flexibility index (Phi) is 3.71. The lowest BCUT2D eigenvalue weighted by atomic mass is 10.2. The molecule has 1 aliphatic rings. The maximum Gasteiger partial charge on any atom is 0.343 e. The molecule has 23 heavy (non-hydrogen) atoms. The molecule has 118 valence electrons. The van der Waals surface area contributed by atoms with Gasteiger partial charge in [-0.05, 0) is 12.1 Å². The lowest BCUT2D eigenvalue weighted by Gasteiger charge is -2.11. The van der Waals surface area contributed by atoms with Gasteiger partial charge in [-0.2, -0.15) is 0 Å². The Bertz CT molecular complexity index is 773. The molecule has 0 radical (unpaired) electrons. The molecule has 0 aromatic heterocycles. The van der Waals surface area contributed by atoms with Crippen molar-refractivity contribution in [2.45, 2.75) is 0 Å². The predicted octanol–water partition coefficient (Wildman–Crippen LogP) is 2.55. The number of hydrogen-bond donors (Lipinski definition) is 0. The Balaban J connectivity index is 2.04. The molecule has 0 bridgehead atoms. The molecule has 1 aliphatic heterocycles. The van der Waals surface area contributed by atoms with Crippen LogP contribution in [0.4, 0.5) is 5.69 Å². The van der Waals surface area contributed by atoms with Crippen molar-refractivity contribution < 1.29 is 28.7 Å². The summed E-state index contributed by atoms with van der Waals surface area (Å²) in [6.45, 7) is -0.209. The van der Waals surface area contributed by atoms with Crippen molar-refractivity contribution in [2.24, 2.45) is 0 Å². The number of rotatable bonds is 4. The van der Waals surface area contributed by atoms with Gasteiger partial charge < -0.3 is 18.9 Å². The van der Waals surface area contributed by atoms with Crippen LogP contribution in [0.5, 0.6) is 23.0 Å². The average Bonchev–Trinajstić information content (AvgIpc) is 3.05. The molecule has 8 heteroatoms. The first-order valence-corrected chi connectivity index (χ1v) is 6.54. The number of fused-ring (bicyclic) bond motifs is 1. The lowest BCUT2D eigenvalue weighted by Crippen LogP contribution is -2.10. The van der Waals surface area contributed by atoms with Crippen molar-refractivity contribution in [2.75, 3.05) is 13.9 Å². The largest absolute Gasteiger partial charge is 0.492 e. The van der Waals surface area contributed by atoms with Crippen molar-refractivity contribution in [3.8, 4) is 23.0 Å². The Morgan fingerprint density at radius 1 is 1.22 bits per heavy atom. The minimum Gasteiger partial charge on any atom is -0.492 e. The van der Waals surface area contributed by atoms with Crippen LogP contribution in [0, 0.1) is 10.1 Å². The van der Waals surface area contributed by atoms with Gasteiger partial charge in [-0.3, -0.25) is 10.1 Å². The highest BCUT2D eigenvalue weighted by Gasteiger charge is 2.34. The van der Waals surface area contributed by atoms with E-state index in [2.05, 4.69) is 0 Å². The third-order valence-electron chi connectivity index (χ3n) is 3.16.